The van der Waals surface area contributed by atoms with Crippen LogP contribution in [0.5, 0.6) is 5.75 Å². The molecule has 0 unspecified atom stereocenters. The number of fused-ring (bicyclic) bond motifs is 1. The van der Waals surface area contributed by atoms with Crippen molar-refractivity contribution in [2.75, 3.05) is 11.9 Å². The Morgan fingerprint density at radius 3 is 2.50 bits per heavy atom. The average molecular weight is 537 g/mol. The molecule has 1 atom stereocenters. The maximum absolute atomic E-state index is 13.1. The fraction of sp³-hybridized carbons (Fsp3) is 0.185. The minimum absolute atomic E-state index is 0.0791. The number of nitrogens with one attached hydrogen (secondary N) is 2. The highest BCUT2D eigenvalue weighted by molar-refractivity contribution is 7.21. The van der Waals surface area contributed by atoms with E-state index in [1.807, 2.05) is 31.2 Å². The van der Waals surface area contributed by atoms with Crippen molar-refractivity contribution in [2.24, 2.45) is 0 Å². The van der Waals surface area contributed by atoms with Gasteiger partial charge in [0.25, 0.3) is 5.91 Å². The van der Waals surface area contributed by atoms with Crippen LogP contribution in [-0.2, 0) is 15.1 Å². The van der Waals surface area contributed by atoms with Crippen LogP contribution in [0.3, 0.4) is 0 Å². The van der Waals surface area contributed by atoms with Gasteiger partial charge in [-0.3, -0.25) is 14.5 Å². The summed E-state index contributed by atoms with van der Waals surface area (Å²) < 4.78 is 30.2. The quantitative estimate of drug-likeness (QED) is 0.313. The van der Waals surface area contributed by atoms with Crippen molar-refractivity contribution in [3.05, 3.63) is 77.9 Å². The summed E-state index contributed by atoms with van der Waals surface area (Å²) >= 11 is 1.58. The van der Waals surface area contributed by atoms with E-state index in [2.05, 4.69) is 26.4 Å². The molecular formula is C27H22F2N4O4S. The molecule has 0 bridgehead atoms. The molecule has 0 radical (unpaired) electrons. The van der Waals surface area contributed by atoms with E-state index in [-0.39, 0.29) is 5.75 Å². The van der Waals surface area contributed by atoms with Crippen molar-refractivity contribution in [1.82, 2.24) is 15.2 Å². The molecule has 8 nitrogen and oxygen atoms in total. The minimum Gasteiger partial charge on any atom is -0.435 e. The second kappa shape index (κ2) is 9.82. The maximum atomic E-state index is 13.1. The summed E-state index contributed by atoms with van der Waals surface area (Å²) in [5, 5.41) is 6.13. The number of anilines is 1. The van der Waals surface area contributed by atoms with Crippen molar-refractivity contribution in [3.8, 4) is 16.3 Å². The Labute approximate surface area is 220 Å². The highest BCUT2D eigenvalue weighted by Gasteiger charge is 2.49. The van der Waals surface area contributed by atoms with Crippen molar-refractivity contribution in [3.63, 3.8) is 0 Å². The minimum atomic E-state index is -2.98. The molecule has 0 aliphatic carbocycles. The van der Waals surface area contributed by atoms with E-state index in [1.165, 1.54) is 31.2 Å². The largest absolute Gasteiger partial charge is 0.435 e. The Morgan fingerprint density at radius 1 is 1.11 bits per heavy atom. The van der Waals surface area contributed by atoms with E-state index in [4.69, 9.17) is 0 Å². The lowest BCUT2D eigenvalue weighted by molar-refractivity contribution is -0.133. The molecular weight excluding hydrogens is 514 g/mol. The number of carbonyl (C=O) groups excluding carboxylic acids is 3. The fourth-order valence-electron chi connectivity index (χ4n) is 4.20. The molecule has 0 saturated carbocycles. The standard InChI is InChI=1S/C27H22F2N4O4S/c1-15-3-12-20-21(13-15)38-23(31-20)16-4-8-18(9-5-16)30-22(34)14-33-24(35)27(2,32-26(33)36)17-6-10-19(11-7-17)37-25(28)29/h3-13,25H,14H2,1-2H3,(H,30,34)(H,32,36)/t27-/m1/s1. The van der Waals surface area contributed by atoms with E-state index in [0.717, 1.165) is 31.3 Å². The summed E-state index contributed by atoms with van der Waals surface area (Å²) in [6.07, 6.45) is 0. The first-order valence-electron chi connectivity index (χ1n) is 11.6. The van der Waals surface area contributed by atoms with Gasteiger partial charge in [-0.2, -0.15) is 8.78 Å². The van der Waals surface area contributed by atoms with Gasteiger partial charge in [0.1, 0.15) is 22.8 Å². The zero-order valence-electron chi connectivity index (χ0n) is 20.3. The summed E-state index contributed by atoms with van der Waals surface area (Å²) in [5.74, 6) is -1.27. The highest BCUT2D eigenvalue weighted by Crippen LogP contribution is 2.32. The van der Waals surface area contributed by atoms with Gasteiger partial charge < -0.3 is 15.4 Å². The van der Waals surface area contributed by atoms with Crippen LogP contribution in [0.4, 0.5) is 19.3 Å². The van der Waals surface area contributed by atoms with Crippen LogP contribution in [0.25, 0.3) is 20.8 Å². The molecule has 38 heavy (non-hydrogen) atoms. The third kappa shape index (κ3) is 4.92. The van der Waals surface area contributed by atoms with Crippen LogP contribution in [0.1, 0.15) is 18.1 Å². The number of benzene rings is 3. The molecule has 0 spiro atoms. The lowest BCUT2D eigenvalue weighted by atomic mass is 9.92. The summed E-state index contributed by atoms with van der Waals surface area (Å²) in [6.45, 7) is 0.0373. The van der Waals surface area contributed by atoms with Gasteiger partial charge in [-0.05, 0) is 73.5 Å². The zero-order chi connectivity index (χ0) is 27.0. The van der Waals surface area contributed by atoms with Gasteiger partial charge in [-0.1, -0.05) is 18.2 Å². The van der Waals surface area contributed by atoms with Gasteiger partial charge in [0.2, 0.25) is 5.91 Å². The monoisotopic (exact) mass is 536 g/mol. The smallest absolute Gasteiger partial charge is 0.387 e. The molecule has 194 valence electrons. The van der Waals surface area contributed by atoms with Gasteiger partial charge >= 0.3 is 12.6 Å². The SMILES string of the molecule is Cc1ccc2nc(-c3ccc(NC(=O)CN4C(=O)N[C@](C)(c5ccc(OC(F)F)cc5)C4=O)cc3)sc2c1. The molecule has 1 aliphatic heterocycles. The number of rotatable bonds is 7. The van der Waals surface area contributed by atoms with Gasteiger partial charge in [0.15, 0.2) is 0 Å². The predicted molar refractivity (Wildman–Crippen MR) is 139 cm³/mol. The lowest BCUT2D eigenvalue weighted by Gasteiger charge is -2.22. The average Bonchev–Trinajstić information content (AvgIpc) is 3.39. The number of aryl methyl sites for hydroxylation is 1. The number of amides is 4. The van der Waals surface area contributed by atoms with E-state index in [9.17, 15) is 23.2 Å². The molecule has 2 heterocycles. The topological polar surface area (TPSA) is 101 Å². The van der Waals surface area contributed by atoms with Crippen LogP contribution >= 0.6 is 11.3 Å². The van der Waals surface area contributed by atoms with E-state index in [1.54, 1.807) is 23.5 Å². The third-order valence-electron chi connectivity index (χ3n) is 6.19. The number of ether oxygens (including phenoxy) is 1. The fourth-order valence-corrected chi connectivity index (χ4v) is 5.27. The van der Waals surface area contributed by atoms with Crippen molar-refractivity contribution in [1.29, 1.82) is 0 Å². The summed E-state index contributed by atoms with van der Waals surface area (Å²) in [5.41, 5.74) is 2.38. The molecule has 3 aromatic carbocycles. The normalized spacial score (nSPS) is 17.2. The van der Waals surface area contributed by atoms with Gasteiger partial charge in [0.05, 0.1) is 10.2 Å². The van der Waals surface area contributed by atoms with Crippen LogP contribution < -0.4 is 15.4 Å². The predicted octanol–water partition coefficient (Wildman–Crippen LogP) is 5.28. The number of nitrogens with zero attached hydrogens (tertiary/aromatic N) is 2. The summed E-state index contributed by atoms with van der Waals surface area (Å²) in [6, 6.07) is 17.9. The van der Waals surface area contributed by atoms with Gasteiger partial charge in [0, 0.05) is 11.3 Å². The number of hydrogen-bond acceptors (Lipinski definition) is 6. The second-order valence-electron chi connectivity index (χ2n) is 8.97. The Balaban J connectivity index is 1.24. The Morgan fingerprint density at radius 2 is 1.82 bits per heavy atom. The van der Waals surface area contributed by atoms with Crippen LogP contribution in [0, 0.1) is 6.92 Å². The second-order valence-corrected chi connectivity index (χ2v) is 10.00. The van der Waals surface area contributed by atoms with Crippen molar-refractivity contribution >= 4 is 45.1 Å². The molecule has 4 aromatic rings. The Kier molecular flexibility index (Phi) is 6.53. The van der Waals surface area contributed by atoms with Gasteiger partial charge in [-0.15, -0.1) is 11.3 Å². The third-order valence-corrected chi connectivity index (χ3v) is 7.26. The molecule has 4 amide bonds. The number of alkyl halides is 2. The first kappa shape index (κ1) is 25.3. The number of hydrogen-bond donors (Lipinski definition) is 2. The zero-order valence-corrected chi connectivity index (χ0v) is 21.1. The molecule has 2 N–H and O–H groups in total. The van der Waals surface area contributed by atoms with E-state index >= 15 is 0 Å². The molecule has 1 aliphatic rings. The number of imide groups is 1. The highest BCUT2D eigenvalue weighted by atomic mass is 32.1. The number of urea groups is 1. The molecule has 5 rings (SSSR count). The first-order valence-corrected chi connectivity index (χ1v) is 12.4. The lowest BCUT2D eigenvalue weighted by Crippen LogP contribution is -2.42. The summed E-state index contributed by atoms with van der Waals surface area (Å²) in [7, 11) is 0. The van der Waals surface area contributed by atoms with E-state index < -0.39 is 36.5 Å². The molecule has 1 saturated heterocycles. The molecule has 1 fully saturated rings. The Hall–Kier alpha value is -4.38. The number of aromatic nitrogens is 1. The van der Waals surface area contributed by atoms with Crippen LogP contribution in [0.15, 0.2) is 66.7 Å². The van der Waals surface area contributed by atoms with Gasteiger partial charge in [-0.25, -0.2) is 9.78 Å². The number of halogens is 2. The van der Waals surface area contributed by atoms with Crippen molar-refractivity contribution < 1.29 is 27.9 Å². The van der Waals surface area contributed by atoms with Crippen molar-refractivity contribution in [2.45, 2.75) is 26.0 Å². The van der Waals surface area contributed by atoms with Crippen LogP contribution in [0.2, 0.25) is 0 Å². The van der Waals surface area contributed by atoms with Crippen LogP contribution in [-0.4, -0.2) is 40.9 Å². The van der Waals surface area contributed by atoms with E-state index in [0.29, 0.717) is 11.3 Å². The summed E-state index contributed by atoms with van der Waals surface area (Å²) in [4.78, 5) is 43.8. The number of thiazole rings is 1. The molecule has 11 heteroatoms. The number of carbonyl (C=O) groups is 3. The first-order chi connectivity index (χ1) is 18.1. The molecule has 1 aromatic heterocycles. The Bertz CT molecular complexity index is 1540. The maximum Gasteiger partial charge on any atom is 0.387 e.